The first-order chi connectivity index (χ1) is 19.0. The number of allylic oxidation sites excluding steroid dienone is 2. The third kappa shape index (κ3) is 8.33. The molecule has 0 aliphatic heterocycles. The van der Waals surface area contributed by atoms with Gasteiger partial charge in [-0.1, -0.05) is 57.2 Å². The zero-order valence-corrected chi connectivity index (χ0v) is 23.3. The smallest absolute Gasteiger partial charge is 0.271 e. The first-order valence-electron chi connectivity index (χ1n) is 12.6. The average molecular weight is 543 g/mol. The first-order valence-corrected chi connectivity index (χ1v) is 12.6. The van der Waals surface area contributed by atoms with E-state index in [0.29, 0.717) is 33.9 Å². The van der Waals surface area contributed by atoms with Crippen LogP contribution in [0.2, 0.25) is 0 Å². The third-order valence-corrected chi connectivity index (χ3v) is 6.01. The van der Waals surface area contributed by atoms with Gasteiger partial charge in [-0.15, -0.1) is 0 Å². The Morgan fingerprint density at radius 3 is 1.85 bits per heavy atom. The Bertz CT molecular complexity index is 1450. The molecule has 3 N–H and O–H groups in total. The first kappa shape index (κ1) is 29.7. The van der Waals surface area contributed by atoms with Gasteiger partial charge in [0.15, 0.2) is 28.8 Å². The molecule has 40 heavy (non-hydrogen) atoms. The van der Waals surface area contributed by atoms with Crippen molar-refractivity contribution in [2.45, 2.75) is 32.6 Å². The highest BCUT2D eigenvalue weighted by atomic mass is 16.5. The summed E-state index contributed by atoms with van der Waals surface area (Å²) in [5.41, 5.74) is 5.72. The van der Waals surface area contributed by atoms with Gasteiger partial charge in [0.25, 0.3) is 5.91 Å². The summed E-state index contributed by atoms with van der Waals surface area (Å²) in [5.74, 6) is -0.0673. The number of carbonyl (C=O) groups excluding carboxylic acids is 2. The fourth-order valence-electron chi connectivity index (χ4n) is 3.66. The number of phenols is 2. The van der Waals surface area contributed by atoms with E-state index in [9.17, 15) is 19.8 Å². The fourth-order valence-corrected chi connectivity index (χ4v) is 3.66. The topological polar surface area (TPSA) is 117 Å². The van der Waals surface area contributed by atoms with Crippen LogP contribution in [-0.2, 0) is 10.2 Å². The average Bonchev–Trinajstić information content (AvgIpc) is 2.94. The second-order valence-electron chi connectivity index (χ2n) is 10.0. The minimum Gasteiger partial charge on any atom is -0.504 e. The molecule has 0 heterocycles. The number of aromatic hydroxyl groups is 2. The zero-order chi connectivity index (χ0) is 29.3. The highest BCUT2D eigenvalue weighted by molar-refractivity contribution is 6.13. The number of hydrogen-bond donors (Lipinski definition) is 3. The fraction of sp³-hybridized carbons (Fsp3) is 0.219. The van der Waals surface area contributed by atoms with Crippen molar-refractivity contribution in [2.75, 3.05) is 14.2 Å². The zero-order valence-electron chi connectivity index (χ0n) is 23.3. The molecule has 0 fully saturated rings. The Morgan fingerprint density at radius 1 is 0.825 bits per heavy atom. The van der Waals surface area contributed by atoms with E-state index in [2.05, 4.69) is 31.3 Å². The number of ether oxygens (including phenoxy) is 2. The molecule has 0 aliphatic carbocycles. The van der Waals surface area contributed by atoms with Gasteiger partial charge in [-0.2, -0.15) is 5.10 Å². The standard InChI is InChI=1S/C32H34N2O6/c1-32(2,3)24-12-10-23(11-13-24)31(38)34-33-25(14-6-21-8-16-27(36)29(18-21)39-4)20-26(35)15-7-22-9-17-28(37)30(19-22)40-5/h6-19,36-37H,20H2,1-5H3,(H,34,38). The minimum absolute atomic E-state index is 0.000169. The molecule has 0 saturated heterocycles. The van der Waals surface area contributed by atoms with Crippen LogP contribution in [-0.4, -0.2) is 41.8 Å². The Morgan fingerprint density at radius 2 is 1.35 bits per heavy atom. The van der Waals surface area contributed by atoms with Gasteiger partial charge < -0.3 is 19.7 Å². The summed E-state index contributed by atoms with van der Waals surface area (Å²) >= 11 is 0. The Balaban J connectivity index is 1.81. The summed E-state index contributed by atoms with van der Waals surface area (Å²) < 4.78 is 10.3. The van der Waals surface area contributed by atoms with Crippen molar-refractivity contribution < 1.29 is 29.3 Å². The SMILES string of the molecule is COc1cc(C=CC(=O)CC(C=Cc2ccc(O)c(OC)c2)=NNC(=O)c2ccc(C(C)(C)C)cc2)ccc1O. The van der Waals surface area contributed by atoms with Crippen LogP contribution < -0.4 is 14.9 Å². The number of nitrogens with zero attached hydrogens (tertiary/aromatic N) is 1. The Kier molecular flexibility index (Phi) is 9.86. The van der Waals surface area contributed by atoms with Crippen LogP contribution in [0.25, 0.3) is 12.2 Å². The van der Waals surface area contributed by atoms with Gasteiger partial charge in [0.1, 0.15) is 0 Å². The summed E-state index contributed by atoms with van der Waals surface area (Å²) in [6.07, 6.45) is 6.22. The molecule has 1 amide bonds. The van der Waals surface area contributed by atoms with E-state index < -0.39 is 5.91 Å². The largest absolute Gasteiger partial charge is 0.504 e. The maximum absolute atomic E-state index is 12.8. The van der Waals surface area contributed by atoms with Crippen LogP contribution in [0.1, 0.15) is 54.2 Å². The number of methoxy groups -OCH3 is 2. The van der Waals surface area contributed by atoms with E-state index in [1.54, 1.807) is 54.6 Å². The van der Waals surface area contributed by atoms with Gasteiger partial charge in [-0.3, -0.25) is 9.59 Å². The Hall–Kier alpha value is -4.85. The van der Waals surface area contributed by atoms with Crippen LogP contribution in [0.4, 0.5) is 0 Å². The second kappa shape index (κ2) is 13.3. The van der Waals surface area contributed by atoms with E-state index in [1.165, 1.54) is 32.4 Å². The number of carbonyl (C=O) groups is 2. The van der Waals surface area contributed by atoms with Crippen LogP contribution in [0.3, 0.4) is 0 Å². The van der Waals surface area contributed by atoms with Gasteiger partial charge in [0.05, 0.1) is 26.4 Å². The number of hydrogen-bond acceptors (Lipinski definition) is 7. The molecule has 0 aromatic heterocycles. The molecule has 0 bridgehead atoms. The molecule has 8 nitrogen and oxygen atoms in total. The summed E-state index contributed by atoms with van der Waals surface area (Å²) in [6.45, 7) is 6.29. The lowest BCUT2D eigenvalue weighted by atomic mass is 9.87. The molecule has 0 radical (unpaired) electrons. The maximum atomic E-state index is 12.8. The van der Waals surface area contributed by atoms with E-state index in [1.807, 2.05) is 12.1 Å². The monoisotopic (exact) mass is 542 g/mol. The number of amides is 1. The van der Waals surface area contributed by atoms with Gasteiger partial charge >= 0.3 is 0 Å². The van der Waals surface area contributed by atoms with Crippen molar-refractivity contribution >= 4 is 29.6 Å². The van der Waals surface area contributed by atoms with Gasteiger partial charge in [0.2, 0.25) is 0 Å². The summed E-state index contributed by atoms with van der Waals surface area (Å²) in [6, 6.07) is 16.9. The van der Waals surface area contributed by atoms with Gasteiger partial charge in [-0.05, 0) is 70.7 Å². The lowest BCUT2D eigenvalue weighted by molar-refractivity contribution is -0.113. The van der Waals surface area contributed by atoms with Crippen molar-refractivity contribution in [3.05, 3.63) is 95.1 Å². The molecule has 3 rings (SSSR count). The number of rotatable bonds is 10. The number of hydrazone groups is 1. The maximum Gasteiger partial charge on any atom is 0.271 e. The number of phenolic OH excluding ortho intramolecular Hbond substituents is 2. The lowest BCUT2D eigenvalue weighted by Crippen LogP contribution is -2.20. The number of benzene rings is 3. The van der Waals surface area contributed by atoms with Crippen LogP contribution >= 0.6 is 0 Å². The van der Waals surface area contributed by atoms with E-state index in [0.717, 1.165) is 5.56 Å². The molecule has 8 heteroatoms. The number of nitrogens with one attached hydrogen (secondary N) is 1. The number of ketones is 1. The highest BCUT2D eigenvalue weighted by Gasteiger charge is 2.14. The van der Waals surface area contributed by atoms with Crippen LogP contribution in [0.15, 0.2) is 77.9 Å². The molecule has 0 aliphatic rings. The van der Waals surface area contributed by atoms with E-state index >= 15 is 0 Å². The predicted molar refractivity (Wildman–Crippen MR) is 157 cm³/mol. The van der Waals surface area contributed by atoms with Crippen molar-refractivity contribution in [1.82, 2.24) is 5.43 Å². The third-order valence-electron chi connectivity index (χ3n) is 6.01. The highest BCUT2D eigenvalue weighted by Crippen LogP contribution is 2.28. The molecule has 3 aromatic carbocycles. The summed E-state index contributed by atoms with van der Waals surface area (Å²) in [5, 5.41) is 23.8. The molecular formula is C32H34N2O6. The van der Waals surface area contributed by atoms with Gasteiger partial charge in [0, 0.05) is 5.56 Å². The van der Waals surface area contributed by atoms with E-state index in [4.69, 9.17) is 9.47 Å². The predicted octanol–water partition coefficient (Wildman–Crippen LogP) is 5.88. The Labute approximate surface area is 234 Å². The summed E-state index contributed by atoms with van der Waals surface area (Å²) in [4.78, 5) is 25.6. The van der Waals surface area contributed by atoms with Crippen molar-refractivity contribution in [1.29, 1.82) is 0 Å². The summed E-state index contributed by atoms with van der Waals surface area (Å²) in [7, 11) is 2.90. The van der Waals surface area contributed by atoms with Crippen molar-refractivity contribution in [2.24, 2.45) is 5.10 Å². The molecule has 0 atom stereocenters. The molecule has 0 saturated carbocycles. The molecule has 0 unspecified atom stereocenters. The van der Waals surface area contributed by atoms with Crippen molar-refractivity contribution in [3.8, 4) is 23.0 Å². The molecular weight excluding hydrogens is 508 g/mol. The second-order valence-corrected chi connectivity index (χ2v) is 10.0. The lowest BCUT2D eigenvalue weighted by Gasteiger charge is -2.18. The van der Waals surface area contributed by atoms with Gasteiger partial charge in [-0.25, -0.2) is 5.43 Å². The van der Waals surface area contributed by atoms with Crippen molar-refractivity contribution in [3.63, 3.8) is 0 Å². The van der Waals surface area contributed by atoms with Crippen LogP contribution in [0, 0.1) is 0 Å². The van der Waals surface area contributed by atoms with Crippen LogP contribution in [0.5, 0.6) is 23.0 Å². The van der Waals surface area contributed by atoms with E-state index in [-0.39, 0.29) is 29.1 Å². The minimum atomic E-state index is -0.406. The molecule has 0 spiro atoms. The molecule has 3 aromatic rings. The quantitative estimate of drug-likeness (QED) is 0.167. The molecule has 208 valence electrons. The normalized spacial score (nSPS) is 12.1.